The predicted octanol–water partition coefficient (Wildman–Crippen LogP) is 2.40. The van der Waals surface area contributed by atoms with Crippen LogP contribution in [0.1, 0.15) is 31.7 Å². The highest BCUT2D eigenvalue weighted by Crippen LogP contribution is 2.32. The summed E-state index contributed by atoms with van der Waals surface area (Å²) in [6.07, 6.45) is 3.36. The zero-order valence-corrected chi connectivity index (χ0v) is 16.4. The third-order valence-corrected chi connectivity index (χ3v) is 4.77. The smallest absolute Gasteiger partial charge is 0.231 e. The zero-order valence-electron chi connectivity index (χ0n) is 16.4. The summed E-state index contributed by atoms with van der Waals surface area (Å²) in [5.74, 6) is 2.58. The molecule has 0 aromatic heterocycles. The van der Waals surface area contributed by atoms with Crippen molar-refractivity contribution < 1.29 is 18.9 Å². The minimum atomic E-state index is 0.299. The van der Waals surface area contributed by atoms with Gasteiger partial charge in [-0.05, 0) is 43.9 Å². The van der Waals surface area contributed by atoms with E-state index in [9.17, 15) is 0 Å². The van der Waals surface area contributed by atoms with Crippen molar-refractivity contribution >= 4 is 5.96 Å². The highest BCUT2D eigenvalue weighted by molar-refractivity contribution is 5.80. The van der Waals surface area contributed by atoms with Crippen LogP contribution in [0, 0.1) is 0 Å². The summed E-state index contributed by atoms with van der Waals surface area (Å²) in [6.45, 7) is 7.32. The van der Waals surface area contributed by atoms with E-state index in [2.05, 4.69) is 17.1 Å². The molecule has 1 N–H and O–H groups in total. The Morgan fingerprint density at radius 1 is 1.22 bits per heavy atom. The molecule has 0 spiro atoms. The van der Waals surface area contributed by atoms with Crippen molar-refractivity contribution in [3.8, 4) is 11.5 Å². The number of hydrogen-bond acceptors (Lipinski definition) is 5. The third-order valence-electron chi connectivity index (χ3n) is 4.77. The van der Waals surface area contributed by atoms with Crippen molar-refractivity contribution in [2.75, 3.05) is 46.8 Å². The molecule has 27 heavy (non-hydrogen) atoms. The number of nitrogens with one attached hydrogen (secondary N) is 1. The zero-order chi connectivity index (χ0) is 18.9. The van der Waals surface area contributed by atoms with Gasteiger partial charge >= 0.3 is 0 Å². The summed E-state index contributed by atoms with van der Waals surface area (Å²) >= 11 is 0. The molecule has 0 radical (unpaired) electrons. The number of guanidine groups is 1. The molecule has 1 saturated heterocycles. The lowest BCUT2D eigenvalue weighted by atomic mass is 10.1. The van der Waals surface area contributed by atoms with Gasteiger partial charge in [-0.1, -0.05) is 6.07 Å². The highest BCUT2D eigenvalue weighted by atomic mass is 16.7. The summed E-state index contributed by atoms with van der Waals surface area (Å²) in [5, 5.41) is 3.41. The maximum Gasteiger partial charge on any atom is 0.231 e. The number of ether oxygens (including phenoxy) is 4. The Balaban J connectivity index is 1.50. The van der Waals surface area contributed by atoms with Gasteiger partial charge in [0, 0.05) is 40.0 Å². The summed E-state index contributed by atoms with van der Waals surface area (Å²) in [7, 11) is 1.73. The first-order chi connectivity index (χ1) is 13.3. The molecule has 0 unspecified atom stereocenters. The quantitative estimate of drug-likeness (QED) is 0.426. The number of hydrogen-bond donors (Lipinski definition) is 1. The molecule has 1 fully saturated rings. The molecular formula is C20H31N3O4. The maximum atomic E-state index is 5.95. The van der Waals surface area contributed by atoms with Crippen LogP contribution in [0.15, 0.2) is 23.2 Å². The fraction of sp³-hybridized carbons (Fsp3) is 0.650. The molecule has 3 rings (SSSR count). The van der Waals surface area contributed by atoms with Gasteiger partial charge in [-0.15, -0.1) is 0 Å². The van der Waals surface area contributed by atoms with Crippen molar-refractivity contribution in [2.45, 2.75) is 38.8 Å². The van der Waals surface area contributed by atoms with Crippen LogP contribution in [0.5, 0.6) is 11.5 Å². The summed E-state index contributed by atoms with van der Waals surface area (Å²) in [5.41, 5.74) is 1.12. The number of likely N-dealkylation sites (tertiary alicyclic amines) is 1. The van der Waals surface area contributed by atoms with E-state index >= 15 is 0 Å². The van der Waals surface area contributed by atoms with Gasteiger partial charge in [0.05, 0.1) is 12.6 Å². The minimum Gasteiger partial charge on any atom is -0.454 e. The molecule has 2 aliphatic rings. The Kier molecular flexibility index (Phi) is 7.59. The molecule has 0 saturated carbocycles. The van der Waals surface area contributed by atoms with Crippen molar-refractivity contribution in [1.82, 2.24) is 10.2 Å². The maximum absolute atomic E-state index is 5.95. The number of nitrogens with zero attached hydrogens (tertiary/aromatic N) is 2. The van der Waals surface area contributed by atoms with Gasteiger partial charge in [0.2, 0.25) is 6.79 Å². The Hall–Kier alpha value is -1.99. The van der Waals surface area contributed by atoms with Crippen molar-refractivity contribution in [3.05, 3.63) is 23.8 Å². The second kappa shape index (κ2) is 10.4. The number of piperidine rings is 1. The van der Waals surface area contributed by atoms with Crippen LogP contribution >= 0.6 is 0 Å². The van der Waals surface area contributed by atoms with E-state index < -0.39 is 0 Å². The molecule has 0 amide bonds. The molecule has 7 nitrogen and oxygen atoms in total. The highest BCUT2D eigenvalue weighted by Gasteiger charge is 2.22. The second-order valence-corrected chi connectivity index (χ2v) is 6.76. The Bertz CT molecular complexity index is 615. The van der Waals surface area contributed by atoms with E-state index in [-0.39, 0.29) is 0 Å². The predicted molar refractivity (Wildman–Crippen MR) is 104 cm³/mol. The lowest BCUT2D eigenvalue weighted by Crippen LogP contribution is -2.47. The van der Waals surface area contributed by atoms with Crippen LogP contribution in [0.3, 0.4) is 0 Å². The Morgan fingerprint density at radius 3 is 2.81 bits per heavy atom. The fourth-order valence-corrected chi connectivity index (χ4v) is 3.32. The lowest BCUT2D eigenvalue weighted by molar-refractivity contribution is 0.00990. The molecule has 1 aromatic rings. The molecular weight excluding hydrogens is 346 g/mol. The van der Waals surface area contributed by atoms with Crippen molar-refractivity contribution in [2.24, 2.45) is 4.99 Å². The second-order valence-electron chi connectivity index (χ2n) is 6.76. The molecule has 0 bridgehead atoms. The molecule has 0 aliphatic carbocycles. The normalized spacial score (nSPS) is 17.4. The van der Waals surface area contributed by atoms with E-state index in [1.165, 1.54) is 0 Å². The molecule has 7 heteroatoms. The third kappa shape index (κ3) is 5.74. The topological polar surface area (TPSA) is 64.6 Å². The van der Waals surface area contributed by atoms with Gasteiger partial charge in [-0.2, -0.15) is 0 Å². The summed E-state index contributed by atoms with van der Waals surface area (Å²) in [4.78, 5) is 7.15. The largest absolute Gasteiger partial charge is 0.454 e. The molecule has 1 aromatic carbocycles. The molecule has 150 valence electrons. The molecule has 2 heterocycles. The first-order valence-electron chi connectivity index (χ1n) is 9.82. The number of methoxy groups -OCH3 is 1. The van der Waals surface area contributed by atoms with Gasteiger partial charge in [0.25, 0.3) is 0 Å². The first kappa shape index (κ1) is 19.8. The van der Waals surface area contributed by atoms with Crippen molar-refractivity contribution in [1.29, 1.82) is 0 Å². The van der Waals surface area contributed by atoms with Crippen LogP contribution in [-0.4, -0.2) is 63.7 Å². The van der Waals surface area contributed by atoms with E-state index in [0.29, 0.717) is 19.4 Å². The summed E-state index contributed by atoms with van der Waals surface area (Å²) < 4.78 is 21.8. The first-order valence-corrected chi connectivity index (χ1v) is 9.82. The number of fused-ring (bicyclic) bond motifs is 1. The lowest BCUT2D eigenvalue weighted by Gasteiger charge is -2.34. The van der Waals surface area contributed by atoms with E-state index in [1.807, 2.05) is 18.2 Å². The summed E-state index contributed by atoms with van der Waals surface area (Å²) in [6, 6.07) is 6.00. The van der Waals surface area contributed by atoms with Crippen LogP contribution in [0.25, 0.3) is 0 Å². The van der Waals surface area contributed by atoms with Crippen molar-refractivity contribution in [3.63, 3.8) is 0 Å². The number of aliphatic imine (C=N–C) groups is 1. The SMILES string of the molecule is CCNC(=NCc1ccc2c(c1)OCO2)N1CCC(OCCCOC)CC1. The minimum absolute atomic E-state index is 0.299. The van der Waals surface area contributed by atoms with Gasteiger partial charge in [-0.3, -0.25) is 0 Å². The van der Waals surface area contributed by atoms with Gasteiger partial charge in [-0.25, -0.2) is 4.99 Å². The van der Waals surface area contributed by atoms with E-state index in [4.69, 9.17) is 23.9 Å². The van der Waals surface area contributed by atoms with Gasteiger partial charge in [0.1, 0.15) is 0 Å². The molecule has 2 aliphatic heterocycles. The average molecular weight is 377 g/mol. The average Bonchev–Trinajstić information content (AvgIpc) is 3.17. The fourth-order valence-electron chi connectivity index (χ4n) is 3.32. The van der Waals surface area contributed by atoms with Crippen LogP contribution in [-0.2, 0) is 16.0 Å². The monoisotopic (exact) mass is 377 g/mol. The Labute approximate surface area is 161 Å². The van der Waals surface area contributed by atoms with E-state index in [0.717, 1.165) is 75.1 Å². The van der Waals surface area contributed by atoms with Crippen LogP contribution in [0.4, 0.5) is 0 Å². The van der Waals surface area contributed by atoms with Crippen LogP contribution in [0.2, 0.25) is 0 Å². The number of benzene rings is 1. The van der Waals surface area contributed by atoms with Gasteiger partial charge in [0.15, 0.2) is 17.5 Å². The number of rotatable bonds is 8. The van der Waals surface area contributed by atoms with Crippen LogP contribution < -0.4 is 14.8 Å². The van der Waals surface area contributed by atoms with E-state index in [1.54, 1.807) is 7.11 Å². The van der Waals surface area contributed by atoms with Gasteiger partial charge < -0.3 is 29.2 Å². The molecule has 0 atom stereocenters. The standard InChI is InChI=1S/C20H31N3O4/c1-3-21-20(22-14-16-5-6-18-19(13-16)27-15-26-18)23-9-7-17(8-10-23)25-12-4-11-24-2/h5-6,13,17H,3-4,7-12,14-15H2,1-2H3,(H,21,22). The Morgan fingerprint density at radius 2 is 2.04 bits per heavy atom.